The van der Waals surface area contributed by atoms with E-state index in [-0.39, 0.29) is 29.9 Å². The summed E-state index contributed by atoms with van der Waals surface area (Å²) < 4.78 is 0. The molecule has 1 aliphatic rings. The molecule has 128 valence electrons. The summed E-state index contributed by atoms with van der Waals surface area (Å²) in [7, 11) is 0. The number of hydrogen-bond donors (Lipinski definition) is 2. The molecule has 0 saturated carbocycles. The van der Waals surface area contributed by atoms with Crippen LogP contribution in [0.1, 0.15) is 60.3 Å². The first kappa shape index (κ1) is 18.8. The Morgan fingerprint density at radius 3 is 2.36 bits per heavy atom. The van der Waals surface area contributed by atoms with E-state index in [0.717, 1.165) is 32.2 Å². The van der Waals surface area contributed by atoms with Crippen LogP contribution in [0.5, 0.6) is 0 Å². The number of carbonyl (C=O) groups is 2. The third-order valence-electron chi connectivity index (χ3n) is 4.06. The summed E-state index contributed by atoms with van der Waals surface area (Å²) in [6, 6.07) is 0.271. The number of likely N-dealkylation sites (tertiary alicyclic amines) is 1. The number of amides is 3. The van der Waals surface area contributed by atoms with Gasteiger partial charge in [0, 0.05) is 25.2 Å². The molecule has 5 nitrogen and oxygen atoms in total. The van der Waals surface area contributed by atoms with Crippen LogP contribution >= 0.6 is 0 Å². The highest BCUT2D eigenvalue weighted by atomic mass is 16.2. The monoisotopic (exact) mass is 311 g/mol. The summed E-state index contributed by atoms with van der Waals surface area (Å²) >= 11 is 0. The molecule has 1 saturated heterocycles. The second kappa shape index (κ2) is 9.01. The van der Waals surface area contributed by atoms with Gasteiger partial charge in [-0.2, -0.15) is 0 Å². The van der Waals surface area contributed by atoms with Crippen molar-refractivity contribution in [1.29, 1.82) is 0 Å². The van der Waals surface area contributed by atoms with Gasteiger partial charge in [-0.15, -0.1) is 0 Å². The van der Waals surface area contributed by atoms with E-state index in [1.54, 1.807) is 4.90 Å². The molecule has 3 amide bonds. The molecule has 0 aromatic carbocycles. The molecule has 0 aliphatic carbocycles. The third kappa shape index (κ3) is 6.67. The fourth-order valence-corrected chi connectivity index (χ4v) is 2.73. The maximum Gasteiger partial charge on any atom is 0.317 e. The van der Waals surface area contributed by atoms with Crippen LogP contribution in [0.25, 0.3) is 0 Å². The van der Waals surface area contributed by atoms with Gasteiger partial charge in [-0.25, -0.2) is 4.79 Å². The van der Waals surface area contributed by atoms with E-state index >= 15 is 0 Å². The minimum atomic E-state index is -0.0758. The van der Waals surface area contributed by atoms with Gasteiger partial charge >= 0.3 is 6.03 Å². The lowest BCUT2D eigenvalue weighted by molar-refractivity contribution is -0.126. The van der Waals surface area contributed by atoms with Crippen LogP contribution in [0.3, 0.4) is 0 Å². The van der Waals surface area contributed by atoms with Crippen LogP contribution in [0.15, 0.2) is 0 Å². The molecule has 1 fully saturated rings. The highest BCUT2D eigenvalue weighted by Gasteiger charge is 2.29. The Bertz CT molecular complexity index is 369. The maximum atomic E-state index is 12.4. The lowest BCUT2D eigenvalue weighted by Gasteiger charge is -2.33. The Kier molecular flexibility index (Phi) is 7.69. The van der Waals surface area contributed by atoms with Crippen molar-refractivity contribution in [2.75, 3.05) is 13.1 Å². The Morgan fingerprint density at radius 2 is 1.77 bits per heavy atom. The Labute approximate surface area is 135 Å². The van der Waals surface area contributed by atoms with E-state index < -0.39 is 0 Å². The van der Waals surface area contributed by atoms with Crippen molar-refractivity contribution in [3.8, 4) is 0 Å². The number of nitrogens with zero attached hydrogens (tertiary/aromatic N) is 1. The van der Waals surface area contributed by atoms with Crippen molar-refractivity contribution in [2.45, 2.75) is 72.4 Å². The SMILES string of the molecule is CC(C)CC[C@H](C)NC(=O)[C@H]1CCCN(C(=O)NC(C)C)C1. The van der Waals surface area contributed by atoms with Gasteiger partial charge < -0.3 is 15.5 Å². The van der Waals surface area contributed by atoms with Gasteiger partial charge in [0.15, 0.2) is 0 Å². The van der Waals surface area contributed by atoms with Crippen molar-refractivity contribution in [1.82, 2.24) is 15.5 Å². The topological polar surface area (TPSA) is 61.4 Å². The molecule has 0 aromatic rings. The smallest absolute Gasteiger partial charge is 0.317 e. The highest BCUT2D eigenvalue weighted by Crippen LogP contribution is 2.17. The van der Waals surface area contributed by atoms with Gasteiger partial charge in [-0.3, -0.25) is 4.79 Å². The van der Waals surface area contributed by atoms with Gasteiger partial charge in [0.05, 0.1) is 5.92 Å². The molecule has 2 atom stereocenters. The van der Waals surface area contributed by atoms with Gasteiger partial charge in [-0.1, -0.05) is 13.8 Å². The fraction of sp³-hybridized carbons (Fsp3) is 0.882. The van der Waals surface area contributed by atoms with Crippen molar-refractivity contribution in [3.63, 3.8) is 0 Å². The van der Waals surface area contributed by atoms with Crippen LogP contribution < -0.4 is 10.6 Å². The summed E-state index contributed by atoms with van der Waals surface area (Å²) in [6.45, 7) is 11.6. The van der Waals surface area contributed by atoms with Crippen molar-refractivity contribution >= 4 is 11.9 Å². The number of nitrogens with one attached hydrogen (secondary N) is 2. The molecular weight excluding hydrogens is 278 g/mol. The number of hydrogen-bond acceptors (Lipinski definition) is 2. The predicted molar refractivity (Wildman–Crippen MR) is 89.6 cm³/mol. The summed E-state index contributed by atoms with van der Waals surface area (Å²) in [5.41, 5.74) is 0. The zero-order valence-electron chi connectivity index (χ0n) is 14.8. The standard InChI is InChI=1S/C17H33N3O2/c1-12(2)8-9-14(5)19-16(21)15-7-6-10-20(11-15)17(22)18-13(3)4/h12-15H,6-11H2,1-5H3,(H,18,22)(H,19,21)/t14-,15-/m0/s1. The normalized spacial score (nSPS) is 20.1. The largest absolute Gasteiger partial charge is 0.353 e. The van der Waals surface area contributed by atoms with Crippen LogP contribution in [0.4, 0.5) is 4.79 Å². The number of carbonyl (C=O) groups excluding carboxylic acids is 2. The van der Waals surface area contributed by atoms with Gasteiger partial charge in [-0.05, 0) is 52.4 Å². The molecule has 0 aromatic heterocycles. The van der Waals surface area contributed by atoms with Gasteiger partial charge in [0.25, 0.3) is 0 Å². The summed E-state index contributed by atoms with van der Waals surface area (Å²) in [5, 5.41) is 6.01. The molecule has 0 spiro atoms. The van der Waals surface area contributed by atoms with Crippen molar-refractivity contribution < 1.29 is 9.59 Å². The minimum Gasteiger partial charge on any atom is -0.353 e. The lowest BCUT2D eigenvalue weighted by atomic mass is 9.96. The zero-order chi connectivity index (χ0) is 16.7. The molecule has 5 heteroatoms. The van der Waals surface area contributed by atoms with Crippen molar-refractivity contribution in [3.05, 3.63) is 0 Å². The van der Waals surface area contributed by atoms with Crippen LogP contribution in [-0.4, -0.2) is 42.0 Å². The second-order valence-corrected chi connectivity index (χ2v) is 7.27. The number of piperidine rings is 1. The van der Waals surface area contributed by atoms with Gasteiger partial charge in [0.2, 0.25) is 5.91 Å². The molecular formula is C17H33N3O2. The van der Waals surface area contributed by atoms with Crippen LogP contribution in [-0.2, 0) is 4.79 Å². The second-order valence-electron chi connectivity index (χ2n) is 7.27. The summed E-state index contributed by atoms with van der Waals surface area (Å²) in [5.74, 6) is 0.677. The van der Waals surface area contributed by atoms with Crippen molar-refractivity contribution in [2.24, 2.45) is 11.8 Å². The molecule has 0 radical (unpaired) electrons. The number of rotatable bonds is 6. The maximum absolute atomic E-state index is 12.4. The third-order valence-corrected chi connectivity index (χ3v) is 4.06. The Morgan fingerprint density at radius 1 is 1.09 bits per heavy atom. The van der Waals surface area contributed by atoms with E-state index in [1.165, 1.54) is 0 Å². The molecule has 1 aliphatic heterocycles. The minimum absolute atomic E-state index is 0.0552. The van der Waals surface area contributed by atoms with E-state index in [2.05, 4.69) is 31.4 Å². The first-order valence-corrected chi connectivity index (χ1v) is 8.65. The Balaban J connectivity index is 2.43. The van der Waals surface area contributed by atoms with E-state index in [9.17, 15) is 9.59 Å². The highest BCUT2D eigenvalue weighted by molar-refractivity contribution is 5.81. The molecule has 1 heterocycles. The fourth-order valence-electron chi connectivity index (χ4n) is 2.73. The predicted octanol–water partition coefficient (Wildman–Crippen LogP) is 2.76. The average molecular weight is 311 g/mol. The van der Waals surface area contributed by atoms with Gasteiger partial charge in [0.1, 0.15) is 0 Å². The van der Waals surface area contributed by atoms with E-state index in [0.29, 0.717) is 12.5 Å². The Hall–Kier alpha value is -1.26. The average Bonchev–Trinajstić information content (AvgIpc) is 2.44. The summed E-state index contributed by atoms with van der Waals surface area (Å²) in [4.78, 5) is 26.2. The first-order valence-electron chi connectivity index (χ1n) is 8.65. The zero-order valence-corrected chi connectivity index (χ0v) is 14.8. The molecule has 22 heavy (non-hydrogen) atoms. The quantitative estimate of drug-likeness (QED) is 0.792. The first-order chi connectivity index (χ1) is 10.3. The number of urea groups is 1. The lowest BCUT2D eigenvalue weighted by Crippen LogP contribution is -2.51. The van der Waals surface area contributed by atoms with Crippen LogP contribution in [0.2, 0.25) is 0 Å². The van der Waals surface area contributed by atoms with Crippen LogP contribution in [0, 0.1) is 11.8 Å². The molecule has 0 bridgehead atoms. The van der Waals surface area contributed by atoms with E-state index in [4.69, 9.17) is 0 Å². The molecule has 1 rings (SSSR count). The van der Waals surface area contributed by atoms with E-state index in [1.807, 2.05) is 13.8 Å². The molecule has 0 unspecified atom stereocenters. The summed E-state index contributed by atoms with van der Waals surface area (Å²) in [6.07, 6.45) is 3.89. The molecule has 2 N–H and O–H groups in total.